The lowest BCUT2D eigenvalue weighted by molar-refractivity contribution is -0.102. The molecule has 0 spiro atoms. The highest BCUT2D eigenvalue weighted by Gasteiger charge is 1.78. The molecule has 0 aromatic carbocycles. The predicted octanol–water partition coefficient (Wildman–Crippen LogP) is 1.41. The lowest BCUT2D eigenvalue weighted by Crippen LogP contribution is -1.97. The van der Waals surface area contributed by atoms with E-state index in [2.05, 4.69) is 19.6 Å². The third-order valence-electron chi connectivity index (χ3n) is 0.717. The van der Waals surface area contributed by atoms with Crippen LogP contribution in [-0.4, -0.2) is 19.0 Å². The summed E-state index contributed by atoms with van der Waals surface area (Å²) in [7, 11) is 0. The summed E-state index contributed by atoms with van der Waals surface area (Å²) in [5.41, 5.74) is 5.21. The number of nitrogens with one attached hydrogen (secondary N) is 1. The zero-order valence-electron chi connectivity index (χ0n) is 7.29. The number of allylic oxidation sites excluding steroid dienone is 1. The van der Waals surface area contributed by atoms with Gasteiger partial charge in [0.2, 0.25) is 0 Å². The Labute approximate surface area is 80.2 Å². The third kappa shape index (κ3) is 22.8. The van der Waals surface area contributed by atoms with Gasteiger partial charge in [-0.15, -0.1) is 12.6 Å². The minimum absolute atomic E-state index is 0. The molecule has 0 radical (unpaired) electrons. The highest BCUT2D eigenvalue weighted by Crippen LogP contribution is 1.96. The van der Waals surface area contributed by atoms with Crippen LogP contribution in [0.3, 0.4) is 0 Å². The number of carbonyl (C=O) groups is 1. The second-order valence-corrected chi connectivity index (χ2v) is 2.19. The fourth-order valence-electron chi connectivity index (χ4n) is 0.319. The van der Waals surface area contributed by atoms with Gasteiger partial charge in [0.1, 0.15) is 0 Å². The largest absolute Gasteiger partial charge is 0.344 e. The van der Waals surface area contributed by atoms with Gasteiger partial charge in [-0.1, -0.05) is 13.0 Å². The van der Waals surface area contributed by atoms with Gasteiger partial charge in [-0.25, -0.2) is 0 Å². The van der Waals surface area contributed by atoms with Crippen molar-refractivity contribution >= 4 is 25.1 Å². The smallest absolute Gasteiger partial charge is 0.160 e. The first-order chi connectivity index (χ1) is 5.22. The van der Waals surface area contributed by atoms with Gasteiger partial charge in [0, 0.05) is 7.97 Å². The standard InChI is InChI=1S/C5H11NS.C2H3NO.H3N.H2/c1-2-3-5(7)4-6;3-1-2-4;;/h3,7H,2,4,6H2,1H3;1-3H;1H3;1H/b5-3+;;;. The van der Waals surface area contributed by atoms with Crippen molar-refractivity contribution in [2.75, 3.05) is 6.54 Å². The number of aldehydes is 1. The van der Waals surface area contributed by atoms with Crippen LogP contribution in [0.2, 0.25) is 0 Å². The number of hydrogen-bond acceptors (Lipinski definition) is 5. The number of thiol groups is 1. The van der Waals surface area contributed by atoms with Crippen LogP contribution in [0.15, 0.2) is 11.0 Å². The predicted molar refractivity (Wildman–Crippen MR) is 58.4 cm³/mol. The van der Waals surface area contributed by atoms with E-state index in [1.807, 2.05) is 6.08 Å². The Hall–Kier alpha value is -0.650. The quantitative estimate of drug-likeness (QED) is 0.309. The number of rotatable bonds is 3. The van der Waals surface area contributed by atoms with Crippen molar-refractivity contribution < 1.29 is 6.22 Å². The van der Waals surface area contributed by atoms with Crippen LogP contribution < -0.4 is 11.9 Å². The van der Waals surface area contributed by atoms with Gasteiger partial charge < -0.3 is 17.3 Å². The molecule has 0 fully saturated rings. The fraction of sp³-hybridized carbons (Fsp3) is 0.429. The minimum atomic E-state index is 0. The van der Waals surface area contributed by atoms with Crippen molar-refractivity contribution in [3.8, 4) is 0 Å². The van der Waals surface area contributed by atoms with Crippen molar-refractivity contribution in [3.63, 3.8) is 0 Å². The Morgan fingerprint density at radius 3 is 2.25 bits per heavy atom. The van der Waals surface area contributed by atoms with Crippen molar-refractivity contribution in [1.82, 2.24) is 6.15 Å². The molecule has 0 aliphatic heterocycles. The van der Waals surface area contributed by atoms with Gasteiger partial charge in [-0.05, 0) is 11.3 Å². The molecular formula is C7H19N3OS. The summed E-state index contributed by atoms with van der Waals surface area (Å²) < 4.78 is 0. The van der Waals surface area contributed by atoms with Crippen molar-refractivity contribution in [2.24, 2.45) is 5.73 Å². The average molecular weight is 193 g/mol. The van der Waals surface area contributed by atoms with E-state index in [0.29, 0.717) is 19.0 Å². The Morgan fingerprint density at radius 2 is 2.17 bits per heavy atom. The topological polar surface area (TPSA) is 102 Å². The van der Waals surface area contributed by atoms with E-state index in [0.717, 1.165) is 11.3 Å². The van der Waals surface area contributed by atoms with E-state index in [1.54, 1.807) is 0 Å². The first-order valence-corrected chi connectivity index (χ1v) is 3.69. The van der Waals surface area contributed by atoms with Crippen LogP contribution in [-0.2, 0) is 4.79 Å². The SMILES string of the molecule is CC/C=C(/S)CN.N.N=CC=O.[HH]. The second-order valence-electron chi connectivity index (χ2n) is 1.61. The molecule has 0 rings (SSSR count). The summed E-state index contributed by atoms with van der Waals surface area (Å²) in [6.07, 6.45) is 4.14. The van der Waals surface area contributed by atoms with Gasteiger partial charge in [0.15, 0.2) is 6.29 Å². The molecule has 0 heterocycles. The zero-order valence-corrected chi connectivity index (χ0v) is 8.18. The van der Waals surface area contributed by atoms with Gasteiger partial charge in [0.05, 0.1) is 6.21 Å². The Kier molecular flexibility index (Phi) is 24.3. The maximum atomic E-state index is 8.93. The number of hydrogen-bond donors (Lipinski definition) is 4. The van der Waals surface area contributed by atoms with Crippen LogP contribution >= 0.6 is 12.6 Å². The van der Waals surface area contributed by atoms with Crippen molar-refractivity contribution in [3.05, 3.63) is 11.0 Å². The fourth-order valence-corrected chi connectivity index (χ4v) is 0.502. The van der Waals surface area contributed by atoms with Crippen LogP contribution in [0.25, 0.3) is 0 Å². The molecule has 0 amide bonds. The number of carbonyl (C=O) groups excluding carboxylic acids is 1. The van der Waals surface area contributed by atoms with Crippen molar-refractivity contribution in [1.29, 1.82) is 5.41 Å². The molecule has 0 saturated carbocycles. The lowest BCUT2D eigenvalue weighted by atomic mass is 10.4. The van der Waals surface area contributed by atoms with Gasteiger partial charge in [0.25, 0.3) is 0 Å². The summed E-state index contributed by atoms with van der Waals surface area (Å²) in [6, 6.07) is 0. The van der Waals surface area contributed by atoms with E-state index in [9.17, 15) is 0 Å². The van der Waals surface area contributed by atoms with E-state index >= 15 is 0 Å². The maximum absolute atomic E-state index is 8.93. The molecule has 0 aromatic rings. The highest BCUT2D eigenvalue weighted by molar-refractivity contribution is 7.84. The molecular weight excluding hydrogens is 174 g/mol. The highest BCUT2D eigenvalue weighted by atomic mass is 32.1. The molecule has 0 atom stereocenters. The molecule has 5 heteroatoms. The third-order valence-corrected chi connectivity index (χ3v) is 1.08. The monoisotopic (exact) mass is 193 g/mol. The van der Waals surface area contributed by atoms with Crippen LogP contribution in [0.1, 0.15) is 14.8 Å². The van der Waals surface area contributed by atoms with Gasteiger partial charge in [-0.3, -0.25) is 4.79 Å². The average Bonchev–Trinajstić information content (AvgIpc) is 2.05. The van der Waals surface area contributed by atoms with Crippen LogP contribution in [0, 0.1) is 5.41 Å². The number of nitrogens with two attached hydrogens (primary N) is 1. The molecule has 74 valence electrons. The van der Waals surface area contributed by atoms with E-state index < -0.39 is 0 Å². The Morgan fingerprint density at radius 1 is 1.75 bits per heavy atom. The molecule has 0 aliphatic carbocycles. The normalized spacial score (nSPS) is 8.75. The molecule has 0 aromatic heterocycles. The van der Waals surface area contributed by atoms with Crippen LogP contribution in [0.5, 0.6) is 0 Å². The second kappa shape index (κ2) is 16.7. The van der Waals surface area contributed by atoms with Gasteiger partial charge in [-0.2, -0.15) is 0 Å². The Balaban J connectivity index is -0.0000000600. The summed E-state index contributed by atoms with van der Waals surface area (Å²) in [6.45, 7) is 2.63. The van der Waals surface area contributed by atoms with E-state index in [4.69, 9.17) is 15.9 Å². The van der Waals surface area contributed by atoms with Crippen LogP contribution in [0.4, 0.5) is 0 Å². The summed E-state index contributed by atoms with van der Waals surface area (Å²) in [4.78, 5) is 9.91. The van der Waals surface area contributed by atoms with E-state index in [-0.39, 0.29) is 7.58 Å². The molecule has 0 aliphatic rings. The first-order valence-electron chi connectivity index (χ1n) is 3.25. The molecule has 0 saturated heterocycles. The summed E-state index contributed by atoms with van der Waals surface area (Å²) >= 11 is 4.05. The minimum Gasteiger partial charge on any atom is -0.344 e. The first kappa shape index (κ1) is 17.4. The molecule has 0 bridgehead atoms. The van der Waals surface area contributed by atoms with E-state index in [1.165, 1.54) is 0 Å². The molecule has 12 heavy (non-hydrogen) atoms. The van der Waals surface area contributed by atoms with Gasteiger partial charge >= 0.3 is 0 Å². The summed E-state index contributed by atoms with van der Waals surface area (Å²) in [5, 5.41) is 5.96. The zero-order chi connectivity index (χ0) is 9.11. The van der Waals surface area contributed by atoms with Crippen molar-refractivity contribution in [2.45, 2.75) is 13.3 Å². The molecule has 6 N–H and O–H groups in total. The Bertz CT molecular complexity index is 136. The molecule has 4 nitrogen and oxygen atoms in total. The maximum Gasteiger partial charge on any atom is 0.160 e. The molecule has 0 unspecified atom stereocenters. The summed E-state index contributed by atoms with van der Waals surface area (Å²) in [5.74, 6) is 0. The lowest BCUT2D eigenvalue weighted by Gasteiger charge is -1.87.